The van der Waals surface area contributed by atoms with Crippen LogP contribution in [0, 0.1) is 139 Å². The average molecular weight is 970 g/mol. The lowest BCUT2D eigenvalue weighted by Crippen LogP contribution is -2.81. The number of hydrogen-bond acceptors (Lipinski definition) is 2. The third kappa shape index (κ3) is 8.07. The zero-order valence-electron chi connectivity index (χ0n) is 31.9. The van der Waals surface area contributed by atoms with Crippen molar-refractivity contribution in [2.45, 2.75) is 4.90 Å². The molecule has 2 nitrogen and oxygen atoms in total. The molecule has 0 aliphatic carbocycles. The van der Waals surface area contributed by atoms with Crippen molar-refractivity contribution in [2.75, 3.05) is 12.0 Å². The number of hydrogen-bond donors (Lipinski definition) is 0. The summed E-state index contributed by atoms with van der Waals surface area (Å²) in [6.07, 6.45) is -5.07. The van der Waals surface area contributed by atoms with E-state index in [1.807, 2.05) is 60.7 Å². The summed E-state index contributed by atoms with van der Waals surface area (Å²) in [5, 5.41) is 18.4. The number of nitriles is 2. The van der Waals surface area contributed by atoms with E-state index in [1.54, 1.807) is 0 Å². The van der Waals surface area contributed by atoms with Gasteiger partial charge in [0, 0.05) is 16.5 Å². The third-order valence-electron chi connectivity index (χ3n) is 9.86. The highest BCUT2D eigenvalue weighted by Gasteiger charge is 2.52. The minimum absolute atomic E-state index is 0.0478. The highest BCUT2D eigenvalue weighted by atomic mass is 32.2. The van der Waals surface area contributed by atoms with Gasteiger partial charge in [-0.05, 0) is 17.7 Å². The molecule has 0 bridgehead atoms. The Bertz CT molecular complexity index is 2650. The van der Waals surface area contributed by atoms with Gasteiger partial charge in [0.1, 0.15) is 82.4 Å². The molecule has 0 saturated heterocycles. The molecule has 0 fully saturated rings. The number of nitrogens with zero attached hydrogens (tertiary/aromatic N) is 2. The molecule has 1 atom stereocenters. The van der Waals surface area contributed by atoms with Gasteiger partial charge >= 0.3 is 0 Å². The lowest BCUT2D eigenvalue weighted by molar-refractivity contribution is 0.378. The number of benzene rings is 6. The summed E-state index contributed by atoms with van der Waals surface area (Å²) >= 11 is 0. The lowest BCUT2D eigenvalue weighted by Gasteiger charge is -2.44. The van der Waals surface area contributed by atoms with Crippen LogP contribution < -0.4 is 21.9 Å². The molecule has 24 heteroatoms. The van der Waals surface area contributed by atoms with E-state index >= 15 is 35.1 Å². The van der Waals surface area contributed by atoms with E-state index < -0.39 is 144 Å². The Morgan fingerprint density at radius 2 is 0.606 bits per heavy atom. The zero-order valence-corrected chi connectivity index (χ0v) is 32.7. The standard InChI is InChI=1S/C24BF20.C18H15N2S/c26-5-1(6(27)14(35)21(42)13(5)34)25(2-7(28)15(36)22(43)16(37)8(2)29,3-9(30)17(38)23(44)18(39)10(3)31)4-11(32)19(40)24(45)20(41)12(4)33;1-21(17-10-6-3-7-11-17)14-18(16(12-19)13-20)15-8-4-2-5-9-15/h;2-11H,14H2,1H3/q-1;+1. The maximum absolute atomic E-state index is 15.4. The van der Waals surface area contributed by atoms with E-state index in [4.69, 9.17) is 0 Å². The first kappa shape index (κ1) is 50.1. The van der Waals surface area contributed by atoms with Gasteiger partial charge in [0.2, 0.25) is 0 Å². The smallest absolute Gasteiger partial charge is 0.200 e. The maximum Gasteiger partial charge on any atom is 0.200 e. The van der Waals surface area contributed by atoms with Crippen LogP contribution in [-0.4, -0.2) is 18.2 Å². The fourth-order valence-corrected chi connectivity index (χ4v) is 8.46. The number of allylic oxidation sites excluding steroid dienone is 1. The molecule has 1 unspecified atom stereocenters. The quantitative estimate of drug-likeness (QED) is 0.0381. The summed E-state index contributed by atoms with van der Waals surface area (Å²) in [4.78, 5) is 1.24. The van der Waals surface area contributed by atoms with E-state index in [1.165, 1.54) is 4.90 Å². The minimum atomic E-state index is -7.22. The zero-order chi connectivity index (χ0) is 49.4. The second-order valence-corrected chi connectivity index (χ2v) is 15.4. The first-order valence-electron chi connectivity index (χ1n) is 17.5. The van der Waals surface area contributed by atoms with Gasteiger partial charge in [0.15, 0.2) is 74.7 Å². The Hall–Kier alpha value is -6.95. The fraction of sp³-hybridized carbons (Fsp3) is 0.0476. The van der Waals surface area contributed by atoms with E-state index in [0.717, 1.165) is 11.1 Å². The van der Waals surface area contributed by atoms with Gasteiger partial charge in [-0.1, -0.05) is 48.5 Å². The van der Waals surface area contributed by atoms with Crippen LogP contribution in [-0.2, 0) is 10.9 Å². The Kier molecular flexibility index (Phi) is 14.6. The minimum Gasteiger partial charge on any atom is -0.207 e. The Morgan fingerprint density at radius 3 is 0.848 bits per heavy atom. The molecule has 342 valence electrons. The van der Waals surface area contributed by atoms with Crippen molar-refractivity contribution >= 4 is 44.5 Å². The monoisotopic (exact) mass is 970 g/mol. The molecule has 0 N–H and O–H groups in total. The summed E-state index contributed by atoms with van der Waals surface area (Å²) in [5.74, 6) is -70.7. The van der Waals surface area contributed by atoms with Gasteiger partial charge in [-0.15, -0.1) is 21.9 Å². The van der Waals surface area contributed by atoms with Crippen LogP contribution in [0.2, 0.25) is 0 Å². The van der Waals surface area contributed by atoms with Crippen LogP contribution in [0.25, 0.3) is 5.57 Å². The van der Waals surface area contributed by atoms with Crippen LogP contribution in [0.4, 0.5) is 87.8 Å². The first-order valence-corrected chi connectivity index (χ1v) is 19.3. The molecule has 6 aromatic carbocycles. The van der Waals surface area contributed by atoms with Crippen molar-refractivity contribution in [1.82, 2.24) is 0 Å². The van der Waals surface area contributed by atoms with E-state index in [-0.39, 0.29) is 16.5 Å². The molecule has 66 heavy (non-hydrogen) atoms. The summed E-state index contributed by atoms with van der Waals surface area (Å²) in [5.41, 5.74) is -12.3. The molecule has 0 aliphatic rings. The normalized spacial score (nSPS) is 11.7. The highest BCUT2D eigenvalue weighted by molar-refractivity contribution is 7.96. The fourth-order valence-electron chi connectivity index (χ4n) is 6.93. The molecule has 0 amide bonds. The van der Waals surface area contributed by atoms with Crippen molar-refractivity contribution < 1.29 is 87.8 Å². The van der Waals surface area contributed by atoms with Gasteiger partial charge in [-0.3, -0.25) is 0 Å². The van der Waals surface area contributed by atoms with Crippen LogP contribution in [0.3, 0.4) is 0 Å². The lowest BCUT2D eigenvalue weighted by atomic mass is 9.12. The molecule has 6 rings (SSSR count). The van der Waals surface area contributed by atoms with Crippen molar-refractivity contribution in [1.29, 1.82) is 10.5 Å². The molecule has 6 aromatic rings. The topological polar surface area (TPSA) is 47.6 Å². The molecule has 0 aromatic heterocycles. The predicted octanol–water partition coefficient (Wildman–Crippen LogP) is 9.64. The number of rotatable bonds is 8. The molecule has 0 radical (unpaired) electrons. The Labute approximate surface area is 359 Å². The summed E-state index contributed by atoms with van der Waals surface area (Å²) in [7, 11) is -0.0478. The Morgan fingerprint density at radius 1 is 0.379 bits per heavy atom. The summed E-state index contributed by atoms with van der Waals surface area (Å²) in [6.45, 7) is 0. The van der Waals surface area contributed by atoms with Gasteiger partial charge < -0.3 is 0 Å². The van der Waals surface area contributed by atoms with Crippen LogP contribution in [0.15, 0.2) is 71.1 Å². The van der Waals surface area contributed by atoms with E-state index in [0.29, 0.717) is 5.75 Å². The number of halogens is 20. The third-order valence-corrected chi connectivity index (χ3v) is 11.7. The SMILES string of the molecule is C[S+](CC(=C(C#N)C#N)c1ccccc1)c1ccccc1.Fc1c(F)c(F)c([B-](c2c(F)c(F)c(F)c(F)c2F)(c2c(F)c(F)c(F)c(F)c2F)c2c(F)c(F)c(F)c(F)c2F)c(F)c1F. The summed E-state index contributed by atoms with van der Waals surface area (Å²) < 4.78 is 294. The predicted molar refractivity (Wildman–Crippen MR) is 197 cm³/mol. The molecule has 0 heterocycles. The maximum atomic E-state index is 15.4. The van der Waals surface area contributed by atoms with Gasteiger partial charge in [-0.25, -0.2) is 87.8 Å². The van der Waals surface area contributed by atoms with E-state index in [9.17, 15) is 63.2 Å². The van der Waals surface area contributed by atoms with Gasteiger partial charge in [-0.2, -0.15) is 10.5 Å². The van der Waals surface area contributed by atoms with Crippen LogP contribution in [0.1, 0.15) is 5.56 Å². The van der Waals surface area contributed by atoms with E-state index in [2.05, 4.69) is 18.4 Å². The molecular formula is C42H15BF20N2S. The van der Waals surface area contributed by atoms with Crippen molar-refractivity contribution in [3.8, 4) is 12.1 Å². The molecular weight excluding hydrogens is 955 g/mol. The van der Waals surface area contributed by atoms with Crippen molar-refractivity contribution in [3.63, 3.8) is 0 Å². The van der Waals surface area contributed by atoms with Crippen molar-refractivity contribution in [3.05, 3.63) is 188 Å². The van der Waals surface area contributed by atoms with Crippen molar-refractivity contribution in [2.24, 2.45) is 0 Å². The first-order chi connectivity index (χ1) is 31.0. The molecule has 0 saturated carbocycles. The second-order valence-electron chi connectivity index (χ2n) is 13.3. The van der Waals surface area contributed by atoms with Gasteiger partial charge in [0.05, 0.1) is 0 Å². The molecule has 0 aliphatic heterocycles. The Balaban J connectivity index is 0.000000324. The molecule has 0 spiro atoms. The van der Waals surface area contributed by atoms with Crippen LogP contribution in [0.5, 0.6) is 0 Å². The largest absolute Gasteiger partial charge is 0.207 e. The van der Waals surface area contributed by atoms with Gasteiger partial charge in [0.25, 0.3) is 0 Å². The van der Waals surface area contributed by atoms with Crippen LogP contribution >= 0.6 is 0 Å². The second kappa shape index (κ2) is 19.3. The summed E-state index contributed by atoms with van der Waals surface area (Å²) in [6, 6.07) is 23.9. The average Bonchev–Trinajstić information content (AvgIpc) is 3.32. The highest BCUT2D eigenvalue weighted by Crippen LogP contribution is 2.31.